The maximum Gasteiger partial charge on any atom is 0.242 e. The zero-order chi connectivity index (χ0) is 13.8. The van der Waals surface area contributed by atoms with E-state index in [2.05, 4.69) is 12.2 Å². The number of hydrogen-bond donors (Lipinski definition) is 1. The van der Waals surface area contributed by atoms with Crippen LogP contribution in [0.2, 0.25) is 5.02 Å². The number of piperidine rings is 1. The van der Waals surface area contributed by atoms with E-state index >= 15 is 0 Å². The van der Waals surface area contributed by atoms with Crippen molar-refractivity contribution >= 4 is 23.2 Å². The first-order valence-corrected chi connectivity index (χ1v) is 7.25. The molecular formula is C15H21ClN2O. The molecule has 0 saturated carbocycles. The standard InChI is InChI=1S/C15H21ClN2O/c1-11-6-7-13(9-14(11)16)17-10-15(19)18-8-4-3-5-12(18)2/h6-7,9,12,17H,3-5,8,10H2,1-2H3. The monoisotopic (exact) mass is 280 g/mol. The molecule has 1 atom stereocenters. The van der Waals surface area contributed by atoms with E-state index in [1.54, 1.807) is 0 Å². The van der Waals surface area contributed by atoms with Crippen molar-refractivity contribution in [1.82, 2.24) is 4.90 Å². The number of nitrogens with zero attached hydrogens (tertiary/aromatic N) is 1. The van der Waals surface area contributed by atoms with Crippen molar-refractivity contribution in [3.63, 3.8) is 0 Å². The van der Waals surface area contributed by atoms with Crippen molar-refractivity contribution in [3.8, 4) is 0 Å². The molecular weight excluding hydrogens is 260 g/mol. The Kier molecular flexibility index (Phi) is 4.70. The Morgan fingerprint density at radius 1 is 1.47 bits per heavy atom. The van der Waals surface area contributed by atoms with Gasteiger partial charge in [-0.15, -0.1) is 0 Å². The van der Waals surface area contributed by atoms with Crippen molar-refractivity contribution in [2.45, 2.75) is 39.2 Å². The lowest BCUT2D eigenvalue weighted by molar-refractivity contribution is -0.132. The number of nitrogens with one attached hydrogen (secondary N) is 1. The Hall–Kier alpha value is -1.22. The lowest BCUT2D eigenvalue weighted by Crippen LogP contribution is -2.44. The van der Waals surface area contributed by atoms with E-state index in [1.807, 2.05) is 30.0 Å². The van der Waals surface area contributed by atoms with Gasteiger partial charge in [-0.3, -0.25) is 4.79 Å². The number of amides is 1. The lowest BCUT2D eigenvalue weighted by Gasteiger charge is -2.33. The summed E-state index contributed by atoms with van der Waals surface area (Å²) in [4.78, 5) is 14.1. The SMILES string of the molecule is Cc1ccc(NCC(=O)N2CCCCC2C)cc1Cl. The second kappa shape index (κ2) is 6.29. The Labute approximate surface area is 119 Å². The number of rotatable bonds is 3. The number of benzene rings is 1. The highest BCUT2D eigenvalue weighted by molar-refractivity contribution is 6.31. The van der Waals surface area contributed by atoms with E-state index in [0.717, 1.165) is 35.7 Å². The van der Waals surface area contributed by atoms with Crippen molar-refractivity contribution in [2.24, 2.45) is 0 Å². The average Bonchev–Trinajstić information content (AvgIpc) is 2.40. The van der Waals surface area contributed by atoms with Crippen LogP contribution in [0.25, 0.3) is 0 Å². The fourth-order valence-corrected chi connectivity index (χ4v) is 2.63. The van der Waals surface area contributed by atoms with Gasteiger partial charge in [0.15, 0.2) is 0 Å². The average molecular weight is 281 g/mol. The first-order chi connectivity index (χ1) is 9.08. The van der Waals surface area contributed by atoms with Crippen molar-refractivity contribution in [3.05, 3.63) is 28.8 Å². The van der Waals surface area contributed by atoms with Crippen LogP contribution in [0.15, 0.2) is 18.2 Å². The van der Waals surface area contributed by atoms with Gasteiger partial charge in [0, 0.05) is 23.3 Å². The number of carbonyl (C=O) groups is 1. The van der Waals surface area contributed by atoms with Gasteiger partial charge in [-0.25, -0.2) is 0 Å². The van der Waals surface area contributed by atoms with Crippen LogP contribution in [0.3, 0.4) is 0 Å². The van der Waals surface area contributed by atoms with Crippen molar-refractivity contribution in [1.29, 1.82) is 0 Å². The molecule has 0 bridgehead atoms. The van der Waals surface area contributed by atoms with Crippen LogP contribution in [0, 0.1) is 6.92 Å². The molecule has 0 aliphatic carbocycles. The third-order valence-electron chi connectivity index (χ3n) is 3.74. The van der Waals surface area contributed by atoms with E-state index in [9.17, 15) is 4.79 Å². The van der Waals surface area contributed by atoms with E-state index < -0.39 is 0 Å². The first kappa shape index (κ1) is 14.2. The molecule has 0 spiro atoms. The van der Waals surface area contributed by atoms with Gasteiger partial charge in [0.25, 0.3) is 0 Å². The van der Waals surface area contributed by atoms with Crippen LogP contribution in [-0.2, 0) is 4.79 Å². The minimum absolute atomic E-state index is 0.170. The molecule has 1 aromatic carbocycles. The van der Waals surface area contributed by atoms with Gasteiger partial charge >= 0.3 is 0 Å². The maximum absolute atomic E-state index is 12.2. The molecule has 1 saturated heterocycles. The smallest absolute Gasteiger partial charge is 0.242 e. The molecule has 1 unspecified atom stereocenters. The minimum atomic E-state index is 0.170. The van der Waals surface area contributed by atoms with Crippen LogP contribution in [0.1, 0.15) is 31.7 Å². The molecule has 2 rings (SSSR count). The fourth-order valence-electron chi connectivity index (χ4n) is 2.45. The summed E-state index contributed by atoms with van der Waals surface area (Å²) >= 11 is 6.07. The molecule has 0 aromatic heterocycles. The molecule has 3 nitrogen and oxygen atoms in total. The molecule has 1 aliphatic heterocycles. The molecule has 1 heterocycles. The van der Waals surface area contributed by atoms with Gasteiger partial charge in [-0.05, 0) is 50.8 Å². The summed E-state index contributed by atoms with van der Waals surface area (Å²) in [6.45, 7) is 5.31. The van der Waals surface area contributed by atoms with Crippen LogP contribution in [0.4, 0.5) is 5.69 Å². The van der Waals surface area contributed by atoms with Crippen LogP contribution in [-0.4, -0.2) is 29.9 Å². The Balaban J connectivity index is 1.90. The number of halogens is 1. The molecule has 1 amide bonds. The van der Waals surface area contributed by atoms with Crippen LogP contribution < -0.4 is 5.32 Å². The Morgan fingerprint density at radius 2 is 2.26 bits per heavy atom. The van der Waals surface area contributed by atoms with Gasteiger partial charge in [0.2, 0.25) is 5.91 Å². The summed E-state index contributed by atoms with van der Waals surface area (Å²) < 4.78 is 0. The number of carbonyl (C=O) groups excluding carboxylic acids is 1. The molecule has 1 N–H and O–H groups in total. The third-order valence-corrected chi connectivity index (χ3v) is 4.15. The van der Waals surface area contributed by atoms with E-state index in [-0.39, 0.29) is 5.91 Å². The zero-order valence-electron chi connectivity index (χ0n) is 11.6. The van der Waals surface area contributed by atoms with E-state index in [1.165, 1.54) is 6.42 Å². The van der Waals surface area contributed by atoms with Gasteiger partial charge in [0.1, 0.15) is 0 Å². The van der Waals surface area contributed by atoms with Gasteiger partial charge in [-0.1, -0.05) is 17.7 Å². The van der Waals surface area contributed by atoms with Gasteiger partial charge < -0.3 is 10.2 Å². The van der Waals surface area contributed by atoms with Crippen molar-refractivity contribution in [2.75, 3.05) is 18.4 Å². The number of anilines is 1. The molecule has 1 aromatic rings. The largest absolute Gasteiger partial charge is 0.376 e. The summed E-state index contributed by atoms with van der Waals surface area (Å²) in [7, 11) is 0. The summed E-state index contributed by atoms with van der Waals surface area (Å²) in [6, 6.07) is 6.14. The Morgan fingerprint density at radius 3 is 2.95 bits per heavy atom. The Bertz CT molecular complexity index is 461. The third kappa shape index (κ3) is 3.63. The lowest BCUT2D eigenvalue weighted by atomic mass is 10.0. The number of aryl methyl sites for hydroxylation is 1. The highest BCUT2D eigenvalue weighted by atomic mass is 35.5. The summed E-state index contributed by atoms with van der Waals surface area (Å²) in [5, 5.41) is 3.88. The quantitative estimate of drug-likeness (QED) is 0.920. The minimum Gasteiger partial charge on any atom is -0.376 e. The summed E-state index contributed by atoms with van der Waals surface area (Å²) in [6.07, 6.45) is 3.46. The van der Waals surface area contributed by atoms with Crippen LogP contribution >= 0.6 is 11.6 Å². The van der Waals surface area contributed by atoms with Crippen molar-refractivity contribution < 1.29 is 4.79 Å². The van der Waals surface area contributed by atoms with E-state index in [4.69, 9.17) is 11.6 Å². The molecule has 19 heavy (non-hydrogen) atoms. The molecule has 4 heteroatoms. The first-order valence-electron chi connectivity index (χ1n) is 6.87. The number of likely N-dealkylation sites (tertiary alicyclic amines) is 1. The normalized spacial score (nSPS) is 19.3. The zero-order valence-corrected chi connectivity index (χ0v) is 12.3. The highest BCUT2D eigenvalue weighted by Crippen LogP contribution is 2.20. The topological polar surface area (TPSA) is 32.3 Å². The molecule has 0 radical (unpaired) electrons. The van der Waals surface area contributed by atoms with Gasteiger partial charge in [-0.2, -0.15) is 0 Å². The predicted octanol–water partition coefficient (Wildman–Crippen LogP) is 3.46. The molecule has 1 aliphatic rings. The second-order valence-electron chi connectivity index (χ2n) is 5.25. The van der Waals surface area contributed by atoms with Crippen LogP contribution in [0.5, 0.6) is 0 Å². The van der Waals surface area contributed by atoms with Gasteiger partial charge in [0.05, 0.1) is 6.54 Å². The molecule has 104 valence electrons. The molecule has 1 fully saturated rings. The second-order valence-corrected chi connectivity index (χ2v) is 5.66. The number of hydrogen-bond acceptors (Lipinski definition) is 2. The summed E-state index contributed by atoms with van der Waals surface area (Å²) in [5.41, 5.74) is 1.94. The summed E-state index contributed by atoms with van der Waals surface area (Å²) in [5.74, 6) is 0.170. The maximum atomic E-state index is 12.2. The van der Waals surface area contributed by atoms with E-state index in [0.29, 0.717) is 12.6 Å². The predicted molar refractivity (Wildman–Crippen MR) is 79.7 cm³/mol. The highest BCUT2D eigenvalue weighted by Gasteiger charge is 2.22. The fraction of sp³-hybridized carbons (Fsp3) is 0.533.